The molecule has 2 aromatic heterocycles. The van der Waals surface area contributed by atoms with Crippen molar-refractivity contribution in [2.24, 2.45) is 0 Å². The Morgan fingerprint density at radius 3 is 2.21 bits per heavy atom. The summed E-state index contributed by atoms with van der Waals surface area (Å²) in [6, 6.07) is 13.8. The van der Waals surface area contributed by atoms with Crippen molar-refractivity contribution in [2.75, 3.05) is 17.2 Å². The number of hydrogen-bond acceptors (Lipinski definition) is 10. The fourth-order valence-electron chi connectivity index (χ4n) is 4.35. The molecule has 2 aromatic carbocycles. The lowest BCUT2D eigenvalue weighted by atomic mass is 10.1. The molecule has 3 heterocycles. The van der Waals surface area contributed by atoms with E-state index in [-0.39, 0.29) is 18.7 Å². The van der Waals surface area contributed by atoms with Gasteiger partial charge in [-0.2, -0.15) is 0 Å². The lowest BCUT2D eigenvalue weighted by Gasteiger charge is -2.16. The summed E-state index contributed by atoms with van der Waals surface area (Å²) < 4.78 is 7.06. The Hall–Kier alpha value is -4.43. The topological polar surface area (TPSA) is 192 Å². The van der Waals surface area contributed by atoms with Gasteiger partial charge in [0.2, 0.25) is 5.91 Å². The highest BCUT2D eigenvalue weighted by molar-refractivity contribution is 5.92. The van der Waals surface area contributed by atoms with E-state index in [4.69, 9.17) is 9.84 Å². The average molecular weight is 535 g/mol. The van der Waals surface area contributed by atoms with Gasteiger partial charge in [-0.1, -0.05) is 24.3 Å². The summed E-state index contributed by atoms with van der Waals surface area (Å²) in [5.41, 5.74) is 3.48. The summed E-state index contributed by atoms with van der Waals surface area (Å²) in [4.78, 5) is 36.1. The molecule has 202 valence electrons. The van der Waals surface area contributed by atoms with Gasteiger partial charge < -0.3 is 35.8 Å². The Morgan fingerprint density at radius 2 is 1.56 bits per heavy atom. The van der Waals surface area contributed by atoms with Gasteiger partial charge in [0.25, 0.3) is 0 Å². The van der Waals surface area contributed by atoms with Gasteiger partial charge in [-0.25, -0.2) is 15.0 Å². The molecule has 13 nitrogen and oxygen atoms in total. The Balaban J connectivity index is 1.23. The normalized spacial score (nSPS) is 20.7. The van der Waals surface area contributed by atoms with Crippen LogP contribution in [0, 0.1) is 0 Å². The molecule has 1 amide bonds. The smallest absolute Gasteiger partial charge is 0.307 e. The van der Waals surface area contributed by atoms with Crippen molar-refractivity contribution >= 4 is 40.2 Å². The van der Waals surface area contributed by atoms with E-state index in [1.807, 2.05) is 0 Å². The molecule has 39 heavy (non-hydrogen) atoms. The Labute approximate surface area is 221 Å². The molecule has 5 rings (SSSR count). The van der Waals surface area contributed by atoms with Crippen molar-refractivity contribution in [3.8, 4) is 0 Å². The lowest BCUT2D eigenvalue weighted by molar-refractivity contribution is -0.136. The van der Waals surface area contributed by atoms with E-state index in [0.29, 0.717) is 33.9 Å². The molecule has 6 N–H and O–H groups in total. The number of amides is 1. The van der Waals surface area contributed by atoms with Crippen LogP contribution in [0.5, 0.6) is 0 Å². The molecule has 1 aliphatic heterocycles. The summed E-state index contributed by atoms with van der Waals surface area (Å²) >= 11 is 0. The van der Waals surface area contributed by atoms with Gasteiger partial charge >= 0.3 is 5.97 Å². The predicted molar refractivity (Wildman–Crippen MR) is 138 cm³/mol. The van der Waals surface area contributed by atoms with Gasteiger partial charge in [0.05, 0.1) is 25.8 Å². The third kappa shape index (κ3) is 5.71. The Kier molecular flexibility index (Phi) is 7.47. The SMILES string of the molecule is O=C(O)Cc1ccc(NC(=O)Cc2ccc(Nc3ncnc4c3ncn4[C@@H]3O[C@H](CO)[C@@H](O)[C@H]3O)cc2)cc1. The first-order valence-electron chi connectivity index (χ1n) is 12.1. The molecule has 1 fully saturated rings. The number of benzene rings is 2. The third-order valence-corrected chi connectivity index (χ3v) is 6.32. The molecule has 0 spiro atoms. The maximum absolute atomic E-state index is 12.5. The fraction of sp³-hybridized carbons (Fsp3) is 0.269. The van der Waals surface area contributed by atoms with Crippen LogP contribution < -0.4 is 10.6 Å². The summed E-state index contributed by atoms with van der Waals surface area (Å²) in [6.45, 7) is -0.442. The molecule has 13 heteroatoms. The zero-order chi connectivity index (χ0) is 27.5. The number of nitrogens with zero attached hydrogens (tertiary/aromatic N) is 4. The number of aromatic nitrogens is 4. The van der Waals surface area contributed by atoms with Crippen LogP contribution in [0.15, 0.2) is 61.2 Å². The molecule has 1 aliphatic rings. The van der Waals surface area contributed by atoms with Crippen LogP contribution in [0.2, 0.25) is 0 Å². The molecule has 0 radical (unpaired) electrons. The van der Waals surface area contributed by atoms with E-state index in [2.05, 4.69) is 25.6 Å². The number of rotatable bonds is 9. The number of hydrogen-bond donors (Lipinski definition) is 6. The summed E-state index contributed by atoms with van der Waals surface area (Å²) in [5, 5.41) is 44.6. The first kappa shape index (κ1) is 26.2. The second-order valence-electron chi connectivity index (χ2n) is 9.09. The van der Waals surface area contributed by atoms with Gasteiger partial charge in [0.15, 0.2) is 23.2 Å². The second kappa shape index (κ2) is 11.1. The van der Waals surface area contributed by atoms with E-state index >= 15 is 0 Å². The average Bonchev–Trinajstić information content (AvgIpc) is 3.47. The van der Waals surface area contributed by atoms with Crippen LogP contribution in [0.1, 0.15) is 17.4 Å². The van der Waals surface area contributed by atoms with Gasteiger partial charge in [-0.05, 0) is 35.4 Å². The molecule has 0 unspecified atom stereocenters. The largest absolute Gasteiger partial charge is 0.481 e. The molecular weight excluding hydrogens is 508 g/mol. The van der Waals surface area contributed by atoms with Gasteiger partial charge in [0, 0.05) is 11.4 Å². The standard InChI is InChI=1S/C26H26N6O7/c33-11-18-22(37)23(38)26(39-18)32-13-29-21-24(27-12-28-25(21)32)31-17-7-1-14(2-8-17)9-19(34)30-16-5-3-15(4-6-16)10-20(35)36/h1-8,12-13,18,22-23,26,33,37-38H,9-11H2,(H,30,34)(H,35,36)(H,27,28,31)/t18-,22-,23-,26-/m1/s1. The number of nitrogens with one attached hydrogen (secondary N) is 2. The van der Waals surface area contributed by atoms with E-state index in [1.165, 1.54) is 17.2 Å². The number of anilines is 3. The number of fused-ring (bicyclic) bond motifs is 1. The summed E-state index contributed by atoms with van der Waals surface area (Å²) in [5.74, 6) is -0.725. The van der Waals surface area contributed by atoms with E-state index in [1.54, 1.807) is 48.5 Å². The number of carboxylic acid groups (broad SMARTS) is 1. The Bertz CT molecular complexity index is 1470. The van der Waals surface area contributed by atoms with Gasteiger partial charge in [-0.15, -0.1) is 0 Å². The van der Waals surface area contributed by atoms with Crippen molar-refractivity contribution in [2.45, 2.75) is 37.4 Å². The van der Waals surface area contributed by atoms with Crippen LogP contribution >= 0.6 is 0 Å². The summed E-state index contributed by atoms with van der Waals surface area (Å²) in [6.07, 6.45) is -1.60. The predicted octanol–water partition coefficient (Wildman–Crippen LogP) is 0.990. The lowest BCUT2D eigenvalue weighted by Crippen LogP contribution is -2.33. The van der Waals surface area contributed by atoms with Crippen molar-refractivity contribution in [3.05, 3.63) is 72.3 Å². The first-order valence-corrected chi connectivity index (χ1v) is 12.1. The molecular formula is C26H26N6O7. The number of aliphatic hydroxyl groups excluding tert-OH is 3. The molecule has 0 aliphatic carbocycles. The van der Waals surface area contributed by atoms with E-state index in [9.17, 15) is 24.9 Å². The van der Waals surface area contributed by atoms with Crippen LogP contribution in [0.4, 0.5) is 17.2 Å². The fourth-order valence-corrected chi connectivity index (χ4v) is 4.35. The minimum atomic E-state index is -1.27. The maximum Gasteiger partial charge on any atom is 0.307 e. The van der Waals surface area contributed by atoms with Crippen LogP contribution in [0.3, 0.4) is 0 Å². The number of imidazole rings is 1. The molecule has 0 saturated carbocycles. The van der Waals surface area contributed by atoms with Crippen LogP contribution in [0.25, 0.3) is 11.2 Å². The monoisotopic (exact) mass is 534 g/mol. The second-order valence-corrected chi connectivity index (χ2v) is 9.09. The van der Waals surface area contributed by atoms with Gasteiger partial charge in [0.1, 0.15) is 24.6 Å². The van der Waals surface area contributed by atoms with Gasteiger partial charge in [-0.3, -0.25) is 14.2 Å². The highest BCUT2D eigenvalue weighted by atomic mass is 16.6. The number of carbonyl (C=O) groups is 2. The van der Waals surface area contributed by atoms with E-state index in [0.717, 1.165) is 5.56 Å². The maximum atomic E-state index is 12.5. The molecule has 4 atom stereocenters. The third-order valence-electron chi connectivity index (χ3n) is 6.32. The van der Waals surface area contributed by atoms with Crippen molar-refractivity contribution in [1.82, 2.24) is 19.5 Å². The van der Waals surface area contributed by atoms with Crippen molar-refractivity contribution in [1.29, 1.82) is 0 Å². The highest BCUT2D eigenvalue weighted by Gasteiger charge is 2.44. The molecule has 1 saturated heterocycles. The molecule has 4 aromatic rings. The minimum absolute atomic E-state index is 0.0791. The van der Waals surface area contributed by atoms with Crippen molar-refractivity contribution in [3.63, 3.8) is 0 Å². The number of carboxylic acids is 1. The Morgan fingerprint density at radius 1 is 0.897 bits per heavy atom. The minimum Gasteiger partial charge on any atom is -0.481 e. The first-order chi connectivity index (χ1) is 18.8. The highest BCUT2D eigenvalue weighted by Crippen LogP contribution is 2.32. The number of carbonyl (C=O) groups excluding carboxylic acids is 1. The zero-order valence-electron chi connectivity index (χ0n) is 20.5. The van der Waals surface area contributed by atoms with Crippen molar-refractivity contribution < 1.29 is 34.8 Å². The summed E-state index contributed by atoms with van der Waals surface area (Å²) in [7, 11) is 0. The van der Waals surface area contributed by atoms with Crippen LogP contribution in [-0.4, -0.2) is 76.7 Å². The van der Waals surface area contributed by atoms with E-state index < -0.39 is 37.1 Å². The zero-order valence-corrected chi connectivity index (χ0v) is 20.5. The quantitative estimate of drug-likeness (QED) is 0.179. The molecule has 0 bridgehead atoms. The number of ether oxygens (including phenoxy) is 1. The van der Waals surface area contributed by atoms with Crippen LogP contribution in [-0.2, 0) is 27.2 Å². The number of aliphatic hydroxyl groups is 3. The number of aliphatic carboxylic acids is 1.